The zero-order valence-corrected chi connectivity index (χ0v) is 15.3. The van der Waals surface area contributed by atoms with E-state index in [1.54, 1.807) is 18.0 Å². The minimum absolute atomic E-state index is 0. The average molecular weight is 383 g/mol. The van der Waals surface area contributed by atoms with Crippen molar-refractivity contribution in [2.24, 2.45) is 0 Å². The van der Waals surface area contributed by atoms with Gasteiger partial charge < -0.3 is 24.8 Å². The molecule has 9 heteroatoms. The van der Waals surface area contributed by atoms with Crippen molar-refractivity contribution in [3.63, 3.8) is 0 Å². The SMILES string of the molecule is COc1cc(-n2cccn2)ccc1OCC[C@@H]1CN(C(=O)O)CCN1.Cl. The first-order valence-electron chi connectivity index (χ1n) is 8.19. The third-order valence-electron chi connectivity index (χ3n) is 4.17. The molecule has 3 rings (SSSR count). The highest BCUT2D eigenvalue weighted by molar-refractivity contribution is 5.85. The molecular weight excluding hydrogens is 360 g/mol. The summed E-state index contributed by atoms with van der Waals surface area (Å²) in [4.78, 5) is 12.5. The van der Waals surface area contributed by atoms with Crippen molar-refractivity contribution >= 4 is 18.5 Å². The minimum Gasteiger partial charge on any atom is -0.493 e. The summed E-state index contributed by atoms with van der Waals surface area (Å²) in [7, 11) is 1.60. The minimum atomic E-state index is -0.872. The quantitative estimate of drug-likeness (QED) is 0.794. The zero-order chi connectivity index (χ0) is 17.6. The van der Waals surface area contributed by atoms with Gasteiger partial charge in [-0.3, -0.25) is 0 Å². The molecule has 1 saturated heterocycles. The lowest BCUT2D eigenvalue weighted by atomic mass is 10.1. The Morgan fingerprint density at radius 2 is 2.27 bits per heavy atom. The van der Waals surface area contributed by atoms with E-state index in [0.29, 0.717) is 44.2 Å². The van der Waals surface area contributed by atoms with Crippen LogP contribution in [0.1, 0.15) is 6.42 Å². The lowest BCUT2D eigenvalue weighted by Gasteiger charge is -2.31. The van der Waals surface area contributed by atoms with Gasteiger partial charge in [-0.05, 0) is 24.6 Å². The number of nitrogens with zero attached hydrogens (tertiary/aromatic N) is 3. The van der Waals surface area contributed by atoms with Gasteiger partial charge in [-0.2, -0.15) is 5.10 Å². The molecule has 1 aromatic heterocycles. The van der Waals surface area contributed by atoms with Gasteiger partial charge in [-0.25, -0.2) is 9.48 Å². The van der Waals surface area contributed by atoms with Crippen molar-refractivity contribution in [2.45, 2.75) is 12.5 Å². The summed E-state index contributed by atoms with van der Waals surface area (Å²) in [6.45, 7) is 2.14. The Kier molecular flexibility index (Phi) is 7.11. The summed E-state index contributed by atoms with van der Waals surface area (Å²) in [5.41, 5.74) is 0.889. The fourth-order valence-electron chi connectivity index (χ4n) is 2.84. The first-order chi connectivity index (χ1) is 12.2. The van der Waals surface area contributed by atoms with Crippen LogP contribution in [0.4, 0.5) is 4.79 Å². The molecule has 0 unspecified atom stereocenters. The predicted octanol–water partition coefficient (Wildman–Crippen LogP) is 2.02. The Hall–Kier alpha value is -2.45. The Balaban J connectivity index is 0.00000243. The van der Waals surface area contributed by atoms with Crippen LogP contribution in [0.3, 0.4) is 0 Å². The fraction of sp³-hybridized carbons (Fsp3) is 0.412. The van der Waals surface area contributed by atoms with E-state index in [4.69, 9.17) is 14.6 Å². The van der Waals surface area contributed by atoms with E-state index >= 15 is 0 Å². The molecule has 2 N–H and O–H groups in total. The molecule has 1 fully saturated rings. The topological polar surface area (TPSA) is 88.9 Å². The van der Waals surface area contributed by atoms with E-state index in [-0.39, 0.29) is 18.4 Å². The number of benzene rings is 1. The van der Waals surface area contributed by atoms with Crippen molar-refractivity contribution in [2.75, 3.05) is 33.4 Å². The molecule has 0 saturated carbocycles. The van der Waals surface area contributed by atoms with Gasteiger partial charge in [0.2, 0.25) is 0 Å². The summed E-state index contributed by atoms with van der Waals surface area (Å²) in [5.74, 6) is 1.29. The molecule has 1 aliphatic rings. The molecule has 2 aromatic rings. The van der Waals surface area contributed by atoms with Crippen LogP contribution in [0, 0.1) is 0 Å². The molecule has 0 bridgehead atoms. The first kappa shape index (κ1) is 19.9. The molecule has 1 amide bonds. The molecule has 8 nitrogen and oxygen atoms in total. The lowest BCUT2D eigenvalue weighted by molar-refractivity contribution is 0.124. The maximum absolute atomic E-state index is 11.1. The number of carbonyl (C=O) groups is 1. The van der Waals surface area contributed by atoms with Crippen LogP contribution in [0.5, 0.6) is 11.5 Å². The Morgan fingerprint density at radius 3 is 2.96 bits per heavy atom. The molecule has 142 valence electrons. The number of aromatic nitrogens is 2. The van der Waals surface area contributed by atoms with E-state index in [1.165, 1.54) is 4.90 Å². The largest absolute Gasteiger partial charge is 0.493 e. The maximum Gasteiger partial charge on any atom is 0.407 e. The Labute approximate surface area is 158 Å². The normalized spacial score (nSPS) is 16.7. The van der Waals surface area contributed by atoms with Crippen molar-refractivity contribution in [1.29, 1.82) is 0 Å². The first-order valence-corrected chi connectivity index (χ1v) is 8.19. The molecule has 0 spiro atoms. The van der Waals surface area contributed by atoms with Gasteiger partial charge in [0.15, 0.2) is 11.5 Å². The van der Waals surface area contributed by atoms with E-state index < -0.39 is 6.09 Å². The van der Waals surface area contributed by atoms with Crippen LogP contribution in [0.2, 0.25) is 0 Å². The van der Waals surface area contributed by atoms with Crippen LogP contribution in [-0.2, 0) is 0 Å². The Bertz CT molecular complexity index is 711. The van der Waals surface area contributed by atoms with Crippen LogP contribution < -0.4 is 14.8 Å². The highest BCUT2D eigenvalue weighted by Crippen LogP contribution is 2.29. The molecule has 0 aliphatic carbocycles. The molecule has 26 heavy (non-hydrogen) atoms. The third-order valence-corrected chi connectivity index (χ3v) is 4.17. The number of hydrogen-bond acceptors (Lipinski definition) is 5. The van der Waals surface area contributed by atoms with Gasteiger partial charge in [0.1, 0.15) is 0 Å². The summed E-state index contributed by atoms with van der Waals surface area (Å²) in [5, 5.41) is 16.6. The maximum atomic E-state index is 11.1. The van der Waals surface area contributed by atoms with E-state index in [1.807, 2.05) is 30.5 Å². The van der Waals surface area contributed by atoms with Crippen LogP contribution in [0.15, 0.2) is 36.7 Å². The Morgan fingerprint density at radius 1 is 1.42 bits per heavy atom. The highest BCUT2D eigenvalue weighted by atomic mass is 35.5. The summed E-state index contributed by atoms with van der Waals surface area (Å²) in [6.07, 6.45) is 3.42. The fourth-order valence-corrected chi connectivity index (χ4v) is 2.84. The molecule has 1 aromatic carbocycles. The summed E-state index contributed by atoms with van der Waals surface area (Å²) >= 11 is 0. The van der Waals surface area contributed by atoms with Crippen LogP contribution in [0.25, 0.3) is 5.69 Å². The average Bonchev–Trinajstić information content (AvgIpc) is 3.17. The van der Waals surface area contributed by atoms with Gasteiger partial charge in [-0.1, -0.05) is 0 Å². The zero-order valence-electron chi connectivity index (χ0n) is 14.5. The lowest BCUT2D eigenvalue weighted by Crippen LogP contribution is -2.52. The summed E-state index contributed by atoms with van der Waals surface area (Å²) in [6, 6.07) is 7.59. The molecule has 2 heterocycles. The summed E-state index contributed by atoms with van der Waals surface area (Å²) < 4.78 is 13.0. The number of methoxy groups -OCH3 is 1. The van der Waals surface area contributed by atoms with Gasteiger partial charge in [0.05, 0.1) is 19.4 Å². The monoisotopic (exact) mass is 382 g/mol. The van der Waals surface area contributed by atoms with Gasteiger partial charge in [0, 0.05) is 44.1 Å². The molecule has 1 atom stereocenters. The van der Waals surface area contributed by atoms with Crippen molar-refractivity contribution in [1.82, 2.24) is 20.0 Å². The van der Waals surface area contributed by atoms with E-state index in [9.17, 15) is 4.79 Å². The van der Waals surface area contributed by atoms with Crippen LogP contribution in [-0.4, -0.2) is 65.3 Å². The molecule has 1 aliphatic heterocycles. The second-order valence-corrected chi connectivity index (χ2v) is 5.80. The van der Waals surface area contributed by atoms with Gasteiger partial charge in [0.25, 0.3) is 0 Å². The standard InChI is InChI=1S/C17H22N4O4.ClH/c1-24-16-11-14(21-8-2-6-19-21)3-4-15(16)25-10-5-13-12-20(17(22)23)9-7-18-13;/h2-4,6,8,11,13,18H,5,7,9-10,12H2,1H3,(H,22,23);1H/t13-;/m1./s1. The van der Waals surface area contributed by atoms with Gasteiger partial charge in [-0.15, -0.1) is 12.4 Å². The second-order valence-electron chi connectivity index (χ2n) is 5.80. The number of amides is 1. The number of hydrogen-bond donors (Lipinski definition) is 2. The molecule has 0 radical (unpaired) electrons. The van der Waals surface area contributed by atoms with Crippen molar-refractivity contribution < 1.29 is 19.4 Å². The van der Waals surface area contributed by atoms with Crippen molar-refractivity contribution in [3.8, 4) is 17.2 Å². The van der Waals surface area contributed by atoms with E-state index in [0.717, 1.165) is 5.69 Å². The number of piperazine rings is 1. The van der Waals surface area contributed by atoms with Gasteiger partial charge >= 0.3 is 6.09 Å². The van der Waals surface area contributed by atoms with Crippen LogP contribution >= 0.6 is 12.4 Å². The van der Waals surface area contributed by atoms with E-state index in [2.05, 4.69) is 10.4 Å². The smallest absolute Gasteiger partial charge is 0.407 e. The molecular formula is C17H23ClN4O4. The number of rotatable bonds is 6. The van der Waals surface area contributed by atoms with Crippen molar-refractivity contribution in [3.05, 3.63) is 36.7 Å². The number of ether oxygens (including phenoxy) is 2. The second kappa shape index (κ2) is 9.30. The third kappa shape index (κ3) is 4.80. The predicted molar refractivity (Wildman–Crippen MR) is 98.9 cm³/mol. The number of carboxylic acid groups (broad SMARTS) is 1. The number of halogens is 1. The highest BCUT2D eigenvalue weighted by Gasteiger charge is 2.22. The number of nitrogens with one attached hydrogen (secondary N) is 1.